The fourth-order valence-electron chi connectivity index (χ4n) is 1.85. The van der Waals surface area contributed by atoms with Gasteiger partial charge in [0.25, 0.3) is 0 Å². The van der Waals surface area contributed by atoms with E-state index in [1.165, 1.54) is 0 Å². The van der Waals surface area contributed by atoms with E-state index < -0.39 is 8.80 Å². The van der Waals surface area contributed by atoms with Crippen molar-refractivity contribution in [2.45, 2.75) is 41.5 Å². The van der Waals surface area contributed by atoms with Gasteiger partial charge in [0, 0.05) is 25.0 Å². The first kappa shape index (κ1) is 19.4. The Morgan fingerprint density at radius 3 is 1.36 bits per heavy atom. The fourth-order valence-corrected chi connectivity index (χ4v) is 4.86. The van der Waals surface area contributed by atoms with Crippen LogP contribution in [0.4, 0.5) is 0 Å². The minimum atomic E-state index is -2.86. The van der Waals surface area contributed by atoms with Crippen LogP contribution in [0.1, 0.15) is 41.5 Å². The van der Waals surface area contributed by atoms with Crippen molar-refractivity contribution in [1.82, 2.24) is 0 Å². The normalized spacial score (nSPS) is 12.6. The zero-order chi connectivity index (χ0) is 16.6. The SMILES string of the molecule is CC(C)CO[Si](OCC(C)C)(OCC(C)C)c1ccccc1. The summed E-state index contributed by atoms with van der Waals surface area (Å²) in [5.41, 5.74) is 0. The molecular formula is C18H32O3Si. The van der Waals surface area contributed by atoms with Crippen LogP contribution in [-0.4, -0.2) is 28.6 Å². The van der Waals surface area contributed by atoms with Crippen molar-refractivity contribution in [3.63, 3.8) is 0 Å². The standard InChI is InChI=1S/C18H32O3Si/c1-15(2)12-19-22(20-13-16(3)4,21-14-17(5)6)18-10-8-7-9-11-18/h7-11,15-17H,12-14H2,1-6H3. The molecule has 0 N–H and O–H groups in total. The molecule has 0 fully saturated rings. The van der Waals surface area contributed by atoms with Gasteiger partial charge in [-0.05, 0) is 17.8 Å². The van der Waals surface area contributed by atoms with E-state index in [9.17, 15) is 0 Å². The highest BCUT2D eigenvalue weighted by Crippen LogP contribution is 2.16. The van der Waals surface area contributed by atoms with Gasteiger partial charge in [-0.3, -0.25) is 0 Å². The molecule has 0 heterocycles. The molecule has 3 nitrogen and oxygen atoms in total. The van der Waals surface area contributed by atoms with Crippen molar-refractivity contribution in [3.05, 3.63) is 30.3 Å². The van der Waals surface area contributed by atoms with Crippen molar-refractivity contribution in [2.75, 3.05) is 19.8 Å². The van der Waals surface area contributed by atoms with Gasteiger partial charge in [0.2, 0.25) is 0 Å². The Bertz CT molecular complexity index is 373. The molecule has 0 saturated carbocycles. The average molecular weight is 325 g/mol. The molecule has 0 aliphatic rings. The lowest BCUT2D eigenvalue weighted by Crippen LogP contribution is -2.58. The van der Waals surface area contributed by atoms with E-state index in [0.29, 0.717) is 37.6 Å². The lowest BCUT2D eigenvalue weighted by molar-refractivity contribution is 0.0495. The minimum absolute atomic E-state index is 0.445. The van der Waals surface area contributed by atoms with Gasteiger partial charge in [-0.25, -0.2) is 0 Å². The quantitative estimate of drug-likeness (QED) is 0.612. The average Bonchev–Trinajstić information content (AvgIpc) is 2.47. The lowest BCUT2D eigenvalue weighted by Gasteiger charge is -2.32. The van der Waals surface area contributed by atoms with E-state index in [1.807, 2.05) is 18.2 Å². The van der Waals surface area contributed by atoms with E-state index in [-0.39, 0.29) is 0 Å². The molecule has 126 valence electrons. The molecule has 0 bridgehead atoms. The first-order valence-corrected chi connectivity index (χ1v) is 10.1. The maximum atomic E-state index is 6.27. The Hall–Kier alpha value is -0.683. The molecular weight excluding hydrogens is 292 g/mol. The third kappa shape index (κ3) is 6.61. The summed E-state index contributed by atoms with van der Waals surface area (Å²) in [5, 5.41) is 1.05. The maximum absolute atomic E-state index is 6.27. The Morgan fingerprint density at radius 1 is 0.682 bits per heavy atom. The van der Waals surface area contributed by atoms with Crippen LogP contribution in [0.3, 0.4) is 0 Å². The van der Waals surface area contributed by atoms with Crippen molar-refractivity contribution in [2.24, 2.45) is 17.8 Å². The van der Waals surface area contributed by atoms with Gasteiger partial charge in [-0.1, -0.05) is 71.9 Å². The summed E-state index contributed by atoms with van der Waals surface area (Å²) in [6, 6.07) is 10.2. The molecule has 1 rings (SSSR count). The Labute approximate surface area is 137 Å². The zero-order valence-electron chi connectivity index (χ0n) is 15.0. The van der Waals surface area contributed by atoms with Crippen LogP contribution in [0.2, 0.25) is 0 Å². The summed E-state index contributed by atoms with van der Waals surface area (Å²) >= 11 is 0. The van der Waals surface area contributed by atoms with Gasteiger partial charge in [0.15, 0.2) is 0 Å². The smallest absolute Gasteiger partial charge is 0.370 e. The molecule has 1 aromatic rings. The first-order chi connectivity index (χ1) is 10.4. The highest BCUT2D eigenvalue weighted by Gasteiger charge is 2.44. The summed E-state index contributed by atoms with van der Waals surface area (Å²) in [6.45, 7) is 14.8. The van der Waals surface area contributed by atoms with E-state index in [1.54, 1.807) is 0 Å². The van der Waals surface area contributed by atoms with Crippen molar-refractivity contribution in [3.8, 4) is 0 Å². The second kappa shape index (κ2) is 9.45. The first-order valence-electron chi connectivity index (χ1n) is 8.33. The van der Waals surface area contributed by atoms with Crippen molar-refractivity contribution < 1.29 is 13.3 Å². The molecule has 0 saturated heterocycles. The Balaban J connectivity index is 3.03. The van der Waals surface area contributed by atoms with Crippen LogP contribution in [-0.2, 0) is 13.3 Å². The highest BCUT2D eigenvalue weighted by molar-refractivity contribution is 6.75. The molecule has 0 spiro atoms. The number of rotatable bonds is 10. The molecule has 0 aromatic heterocycles. The summed E-state index contributed by atoms with van der Waals surface area (Å²) in [5.74, 6) is 1.34. The predicted molar refractivity (Wildman–Crippen MR) is 94.2 cm³/mol. The third-order valence-electron chi connectivity index (χ3n) is 2.95. The molecule has 4 heteroatoms. The largest absolute Gasteiger partial charge is 0.537 e. The number of hydrogen-bond acceptors (Lipinski definition) is 3. The molecule has 0 atom stereocenters. The topological polar surface area (TPSA) is 27.7 Å². The molecule has 0 aliphatic carbocycles. The predicted octanol–water partition coefficient (Wildman–Crippen LogP) is 3.85. The van der Waals surface area contributed by atoms with Gasteiger partial charge in [0.05, 0.1) is 0 Å². The van der Waals surface area contributed by atoms with E-state index in [2.05, 4.69) is 53.7 Å². The molecule has 0 unspecified atom stereocenters. The van der Waals surface area contributed by atoms with Crippen LogP contribution < -0.4 is 5.19 Å². The third-order valence-corrected chi connectivity index (χ3v) is 5.63. The molecule has 0 radical (unpaired) electrons. The van der Waals surface area contributed by atoms with Gasteiger partial charge in [-0.2, -0.15) is 0 Å². The molecule has 0 amide bonds. The van der Waals surface area contributed by atoms with Crippen LogP contribution >= 0.6 is 0 Å². The second-order valence-corrected chi connectivity index (χ2v) is 9.59. The Morgan fingerprint density at radius 2 is 1.05 bits per heavy atom. The number of hydrogen-bond donors (Lipinski definition) is 0. The summed E-state index contributed by atoms with van der Waals surface area (Å²) in [6.07, 6.45) is 0. The lowest BCUT2D eigenvalue weighted by atomic mass is 10.2. The molecule has 22 heavy (non-hydrogen) atoms. The van der Waals surface area contributed by atoms with Crippen LogP contribution in [0, 0.1) is 17.8 Å². The summed E-state index contributed by atoms with van der Waals surface area (Å²) in [7, 11) is -2.86. The summed E-state index contributed by atoms with van der Waals surface area (Å²) in [4.78, 5) is 0. The van der Waals surface area contributed by atoms with E-state index >= 15 is 0 Å². The van der Waals surface area contributed by atoms with Gasteiger partial charge in [-0.15, -0.1) is 0 Å². The van der Waals surface area contributed by atoms with E-state index in [0.717, 1.165) is 5.19 Å². The second-order valence-electron chi connectivity index (χ2n) is 7.04. The Kier molecular flexibility index (Phi) is 8.32. The molecule has 0 aliphatic heterocycles. The van der Waals surface area contributed by atoms with Crippen LogP contribution in [0.5, 0.6) is 0 Å². The maximum Gasteiger partial charge on any atom is 0.537 e. The van der Waals surface area contributed by atoms with Crippen molar-refractivity contribution in [1.29, 1.82) is 0 Å². The fraction of sp³-hybridized carbons (Fsp3) is 0.667. The summed E-state index contributed by atoms with van der Waals surface area (Å²) < 4.78 is 18.8. The van der Waals surface area contributed by atoms with Gasteiger partial charge >= 0.3 is 8.80 Å². The van der Waals surface area contributed by atoms with Crippen molar-refractivity contribution >= 4 is 14.0 Å². The molecule has 1 aromatic carbocycles. The monoisotopic (exact) mass is 324 g/mol. The van der Waals surface area contributed by atoms with E-state index in [4.69, 9.17) is 13.3 Å². The minimum Gasteiger partial charge on any atom is -0.370 e. The van der Waals surface area contributed by atoms with Gasteiger partial charge < -0.3 is 13.3 Å². The highest BCUT2D eigenvalue weighted by atomic mass is 28.4. The van der Waals surface area contributed by atoms with Crippen LogP contribution in [0.25, 0.3) is 0 Å². The number of benzene rings is 1. The van der Waals surface area contributed by atoms with Gasteiger partial charge in [0.1, 0.15) is 0 Å². The zero-order valence-corrected chi connectivity index (χ0v) is 16.0. The van der Waals surface area contributed by atoms with Crippen LogP contribution in [0.15, 0.2) is 30.3 Å².